The second-order valence-electron chi connectivity index (χ2n) is 10.3. The summed E-state index contributed by atoms with van der Waals surface area (Å²) in [6.45, 7) is 4.49. The van der Waals surface area contributed by atoms with Gasteiger partial charge in [-0.25, -0.2) is 9.59 Å². The van der Waals surface area contributed by atoms with Crippen LogP contribution in [0.5, 0.6) is 0 Å². The van der Waals surface area contributed by atoms with Gasteiger partial charge in [0.15, 0.2) is 0 Å². The van der Waals surface area contributed by atoms with Crippen LogP contribution in [0.15, 0.2) is 18.2 Å². The lowest BCUT2D eigenvalue weighted by Gasteiger charge is -2.20. The molecule has 0 heterocycles. The number of carboxylic acid groups (broad SMARTS) is 2. The molecule has 35 heavy (non-hydrogen) atoms. The molecule has 1 aromatic carbocycles. The fourth-order valence-corrected chi connectivity index (χ4v) is 5.19. The highest BCUT2D eigenvalue weighted by molar-refractivity contribution is 6.02. The molecule has 1 aromatic rings. The van der Waals surface area contributed by atoms with Gasteiger partial charge in [0.1, 0.15) is 0 Å². The third-order valence-corrected chi connectivity index (χ3v) is 7.29. The molecule has 0 saturated heterocycles. The van der Waals surface area contributed by atoms with Crippen molar-refractivity contribution < 1.29 is 19.8 Å². The zero-order valence-electron chi connectivity index (χ0n) is 22.7. The second-order valence-corrected chi connectivity index (χ2v) is 10.3. The lowest BCUT2D eigenvalue weighted by Crippen LogP contribution is -2.14. The van der Waals surface area contributed by atoms with Crippen molar-refractivity contribution in [1.82, 2.24) is 0 Å². The number of hydrogen-bond donors (Lipinski definition) is 2. The number of aromatic carboxylic acids is 2. The number of rotatable bonds is 23. The van der Waals surface area contributed by atoms with Gasteiger partial charge in [0.05, 0.1) is 11.1 Å². The minimum Gasteiger partial charge on any atom is -0.478 e. The van der Waals surface area contributed by atoms with Gasteiger partial charge in [-0.15, -0.1) is 0 Å². The van der Waals surface area contributed by atoms with Crippen molar-refractivity contribution in [3.8, 4) is 0 Å². The summed E-state index contributed by atoms with van der Waals surface area (Å²) in [7, 11) is 0. The molecule has 0 aliphatic heterocycles. The average Bonchev–Trinajstić information content (AvgIpc) is 2.84. The monoisotopic (exact) mass is 488 g/mol. The van der Waals surface area contributed by atoms with Gasteiger partial charge < -0.3 is 10.2 Å². The standard InChI is InChI=1S/C31H52O4/c1-3-5-7-9-11-13-15-17-19-22-26(23-20-18-16-14-12-10-8-6-4-2)27-24-21-25-28(30(32)33)29(27)31(34)35/h21,24-26H,3-20,22-23H2,1-2H3,(H,32,33)(H,34,35). The summed E-state index contributed by atoms with van der Waals surface area (Å²) >= 11 is 0. The normalized spacial score (nSPS) is 11.3. The fraction of sp³-hybridized carbons (Fsp3) is 0.742. The van der Waals surface area contributed by atoms with E-state index in [0.29, 0.717) is 0 Å². The Bertz CT molecular complexity index is 675. The molecule has 0 spiro atoms. The number of unbranched alkanes of at least 4 members (excludes halogenated alkanes) is 16. The molecule has 4 nitrogen and oxygen atoms in total. The Kier molecular flexibility index (Phi) is 18.1. The summed E-state index contributed by atoms with van der Waals surface area (Å²) in [5, 5.41) is 19.4. The molecular formula is C31H52O4. The largest absolute Gasteiger partial charge is 0.478 e. The molecule has 0 unspecified atom stereocenters. The van der Waals surface area contributed by atoms with E-state index in [9.17, 15) is 19.8 Å². The van der Waals surface area contributed by atoms with Crippen LogP contribution in [0.4, 0.5) is 0 Å². The number of carboxylic acids is 2. The molecule has 2 N–H and O–H groups in total. The maximum Gasteiger partial charge on any atom is 0.336 e. The maximum atomic E-state index is 12.0. The van der Waals surface area contributed by atoms with E-state index >= 15 is 0 Å². The molecule has 4 heteroatoms. The van der Waals surface area contributed by atoms with Crippen LogP contribution in [0.25, 0.3) is 0 Å². The fourth-order valence-electron chi connectivity index (χ4n) is 5.19. The number of benzene rings is 1. The summed E-state index contributed by atoms with van der Waals surface area (Å²) in [4.78, 5) is 23.7. The van der Waals surface area contributed by atoms with E-state index in [0.717, 1.165) is 31.2 Å². The summed E-state index contributed by atoms with van der Waals surface area (Å²) in [6.07, 6.45) is 24.6. The first-order valence-electron chi connectivity index (χ1n) is 14.6. The Balaban J connectivity index is 2.62. The summed E-state index contributed by atoms with van der Waals surface area (Å²) in [5.74, 6) is -2.16. The van der Waals surface area contributed by atoms with Gasteiger partial charge in [-0.2, -0.15) is 0 Å². The average molecular weight is 489 g/mol. The third-order valence-electron chi connectivity index (χ3n) is 7.29. The van der Waals surface area contributed by atoms with Crippen LogP contribution in [0.1, 0.15) is 174 Å². The van der Waals surface area contributed by atoms with Crippen LogP contribution in [0.2, 0.25) is 0 Å². The molecule has 1 rings (SSSR count). The number of carbonyl (C=O) groups is 2. The summed E-state index contributed by atoms with van der Waals surface area (Å²) in [6, 6.07) is 4.98. The van der Waals surface area contributed by atoms with E-state index < -0.39 is 11.9 Å². The number of hydrogen-bond acceptors (Lipinski definition) is 2. The van der Waals surface area contributed by atoms with Gasteiger partial charge in [0.25, 0.3) is 0 Å². The molecule has 0 amide bonds. The van der Waals surface area contributed by atoms with Crippen LogP contribution in [0.3, 0.4) is 0 Å². The van der Waals surface area contributed by atoms with Gasteiger partial charge in [0, 0.05) is 0 Å². The van der Waals surface area contributed by atoms with Crippen LogP contribution in [-0.4, -0.2) is 22.2 Å². The topological polar surface area (TPSA) is 74.6 Å². The van der Waals surface area contributed by atoms with Gasteiger partial charge in [-0.05, 0) is 30.4 Å². The van der Waals surface area contributed by atoms with Gasteiger partial charge in [-0.3, -0.25) is 0 Å². The highest BCUT2D eigenvalue weighted by atomic mass is 16.4. The Hall–Kier alpha value is -1.84. The van der Waals surface area contributed by atoms with E-state index in [1.807, 2.05) is 6.07 Å². The quantitative estimate of drug-likeness (QED) is 0.150. The van der Waals surface area contributed by atoms with Crippen LogP contribution < -0.4 is 0 Å². The lowest BCUT2D eigenvalue weighted by molar-refractivity contribution is 0.0650. The Morgan fingerprint density at radius 1 is 0.600 bits per heavy atom. The predicted molar refractivity (Wildman–Crippen MR) is 147 cm³/mol. The van der Waals surface area contributed by atoms with Crippen molar-refractivity contribution in [3.63, 3.8) is 0 Å². The minimum atomic E-state index is -1.16. The van der Waals surface area contributed by atoms with Crippen molar-refractivity contribution in [2.75, 3.05) is 0 Å². The van der Waals surface area contributed by atoms with Gasteiger partial charge in [-0.1, -0.05) is 142 Å². The molecule has 200 valence electrons. The molecule has 0 bridgehead atoms. The van der Waals surface area contributed by atoms with E-state index in [-0.39, 0.29) is 17.0 Å². The van der Waals surface area contributed by atoms with Crippen molar-refractivity contribution in [2.45, 2.75) is 148 Å². The molecular weight excluding hydrogens is 436 g/mol. The molecule has 0 aliphatic carbocycles. The summed E-state index contributed by atoms with van der Waals surface area (Å²) < 4.78 is 0. The Morgan fingerprint density at radius 3 is 1.37 bits per heavy atom. The van der Waals surface area contributed by atoms with Crippen molar-refractivity contribution in [3.05, 3.63) is 34.9 Å². The smallest absolute Gasteiger partial charge is 0.336 e. The zero-order chi connectivity index (χ0) is 25.7. The second kappa shape index (κ2) is 20.4. The molecule has 0 aliphatic rings. The van der Waals surface area contributed by atoms with E-state index in [4.69, 9.17) is 0 Å². The van der Waals surface area contributed by atoms with Gasteiger partial charge >= 0.3 is 11.9 Å². The first-order chi connectivity index (χ1) is 17.0. The first-order valence-corrected chi connectivity index (χ1v) is 14.6. The molecule has 0 radical (unpaired) electrons. The Labute approximate surface area is 214 Å². The van der Waals surface area contributed by atoms with Crippen molar-refractivity contribution >= 4 is 11.9 Å². The lowest BCUT2D eigenvalue weighted by atomic mass is 9.84. The molecule has 0 atom stereocenters. The molecule has 0 aromatic heterocycles. The van der Waals surface area contributed by atoms with E-state index in [1.54, 1.807) is 6.07 Å². The minimum absolute atomic E-state index is 0.00292. The maximum absolute atomic E-state index is 12.0. The van der Waals surface area contributed by atoms with Crippen molar-refractivity contribution in [2.24, 2.45) is 0 Å². The molecule has 0 saturated carbocycles. The first kappa shape index (κ1) is 31.2. The Morgan fingerprint density at radius 2 is 1.00 bits per heavy atom. The highest BCUT2D eigenvalue weighted by Gasteiger charge is 2.24. The van der Waals surface area contributed by atoms with Gasteiger partial charge in [0.2, 0.25) is 0 Å². The van der Waals surface area contributed by atoms with Crippen LogP contribution >= 0.6 is 0 Å². The SMILES string of the molecule is CCCCCCCCCCCC(CCCCCCCCCCC)c1cccc(C(=O)O)c1C(=O)O. The van der Waals surface area contributed by atoms with Crippen LogP contribution in [-0.2, 0) is 0 Å². The predicted octanol–water partition coefficient (Wildman–Crippen LogP) is 10.0. The molecule has 0 fully saturated rings. The summed E-state index contributed by atoms with van der Waals surface area (Å²) in [5.41, 5.74) is 0.632. The highest BCUT2D eigenvalue weighted by Crippen LogP contribution is 2.33. The zero-order valence-corrected chi connectivity index (χ0v) is 22.7. The van der Waals surface area contributed by atoms with Crippen molar-refractivity contribution in [1.29, 1.82) is 0 Å². The van der Waals surface area contributed by atoms with E-state index in [2.05, 4.69) is 13.8 Å². The third kappa shape index (κ3) is 13.7. The van der Waals surface area contributed by atoms with E-state index in [1.165, 1.54) is 109 Å². The van der Waals surface area contributed by atoms with Crippen LogP contribution in [0, 0.1) is 0 Å².